The van der Waals surface area contributed by atoms with Crippen LogP contribution in [0.5, 0.6) is 0 Å². The minimum Gasteiger partial charge on any atom is -0.379 e. The maximum absolute atomic E-state index is 13.5. The van der Waals surface area contributed by atoms with Crippen LogP contribution >= 0.6 is 0 Å². The lowest BCUT2D eigenvalue weighted by molar-refractivity contribution is -0.144. The summed E-state index contributed by atoms with van der Waals surface area (Å²) in [6, 6.07) is -1.16. The zero-order chi connectivity index (χ0) is 28.3. The van der Waals surface area contributed by atoms with Gasteiger partial charge < -0.3 is 30.3 Å². The zero-order valence-electron chi connectivity index (χ0n) is 24.0. The molecule has 1 saturated heterocycles. The number of nitrogens with one attached hydrogen (secondary N) is 1. The van der Waals surface area contributed by atoms with Gasteiger partial charge in [0.05, 0.1) is 43.3 Å². The lowest BCUT2D eigenvalue weighted by atomic mass is 9.90. The fraction of sp³-hybridized carbons (Fsp3) is 0.885. The number of ether oxygens (including phenoxy) is 2. The maximum atomic E-state index is 13.5. The number of carbonyl (C=O) groups is 3. The first-order valence-corrected chi connectivity index (χ1v) is 15.1. The van der Waals surface area contributed by atoms with Gasteiger partial charge in [0.25, 0.3) is 0 Å². The number of likely N-dealkylation sites (tertiary alicyclic amines) is 1. The van der Waals surface area contributed by atoms with Crippen molar-refractivity contribution < 1.29 is 28.1 Å². The Morgan fingerprint density at radius 3 is 2.35 bits per heavy atom. The molecule has 10 nitrogen and oxygen atoms in total. The number of amides is 3. The molecular formula is C26H50N4O6S. The molecule has 1 aliphatic rings. The fourth-order valence-electron chi connectivity index (χ4n) is 5.20. The summed E-state index contributed by atoms with van der Waals surface area (Å²) in [5.74, 6) is -0.0887. The van der Waals surface area contributed by atoms with E-state index in [-0.39, 0.29) is 61.2 Å². The van der Waals surface area contributed by atoms with Crippen LogP contribution in [0, 0.1) is 11.8 Å². The number of hydrogen-bond acceptors (Lipinski definition) is 7. The van der Waals surface area contributed by atoms with Gasteiger partial charge in [-0.2, -0.15) is 0 Å². The fourth-order valence-corrected chi connectivity index (χ4v) is 5.78. The monoisotopic (exact) mass is 546 g/mol. The van der Waals surface area contributed by atoms with E-state index >= 15 is 0 Å². The molecule has 3 amide bonds. The summed E-state index contributed by atoms with van der Waals surface area (Å²) in [6.45, 7) is 8.74. The second-order valence-electron chi connectivity index (χ2n) is 10.5. The van der Waals surface area contributed by atoms with E-state index in [9.17, 15) is 18.6 Å². The van der Waals surface area contributed by atoms with Crippen LogP contribution < -0.4 is 11.1 Å². The topological polar surface area (TPSA) is 131 Å². The Labute approximate surface area is 225 Å². The van der Waals surface area contributed by atoms with Crippen molar-refractivity contribution >= 4 is 28.5 Å². The summed E-state index contributed by atoms with van der Waals surface area (Å²) < 4.78 is 22.8. The largest absolute Gasteiger partial charge is 0.379 e. The van der Waals surface area contributed by atoms with Crippen molar-refractivity contribution in [2.75, 3.05) is 46.4 Å². The van der Waals surface area contributed by atoms with E-state index in [1.807, 2.05) is 18.7 Å². The molecular weight excluding hydrogens is 496 g/mol. The van der Waals surface area contributed by atoms with E-state index in [1.54, 1.807) is 32.4 Å². The van der Waals surface area contributed by atoms with Gasteiger partial charge in [-0.1, -0.05) is 34.1 Å². The summed E-state index contributed by atoms with van der Waals surface area (Å²) in [5.41, 5.74) is 5.86. The summed E-state index contributed by atoms with van der Waals surface area (Å²) in [5, 5.41) is 2.59. The lowest BCUT2D eigenvalue weighted by Gasteiger charge is -2.39. The first-order valence-electron chi connectivity index (χ1n) is 13.3. The van der Waals surface area contributed by atoms with Gasteiger partial charge >= 0.3 is 0 Å². The number of likely N-dealkylation sites (N-methyl/N-ethyl adjacent to an activating group) is 1. The Morgan fingerprint density at radius 1 is 1.19 bits per heavy atom. The predicted octanol–water partition coefficient (Wildman–Crippen LogP) is 1.14. The van der Waals surface area contributed by atoms with Crippen LogP contribution in [0.1, 0.15) is 59.8 Å². The molecule has 1 fully saturated rings. The van der Waals surface area contributed by atoms with Crippen LogP contribution in [-0.4, -0.2) is 108 Å². The standard InChI is InChI=1S/C26H50N4O6S/c1-9-18(4)24(29(5)23(32)16-28-26(33)19(27)12-14-37(8)34)21(35-6)15-22(31)30-13-10-11-20(30)25(36-7)17(2)3/h17-21,24-25H,9-16,27H2,1-8H3,(H,28,33). The van der Waals surface area contributed by atoms with Crippen LogP contribution in [0.25, 0.3) is 0 Å². The summed E-state index contributed by atoms with van der Waals surface area (Å²) in [4.78, 5) is 42.3. The summed E-state index contributed by atoms with van der Waals surface area (Å²) in [7, 11) is 3.90. The number of carbonyl (C=O) groups excluding carboxylic acids is 3. The number of hydrogen-bond donors (Lipinski definition) is 2. The Kier molecular flexibility index (Phi) is 14.8. The van der Waals surface area contributed by atoms with Crippen molar-refractivity contribution in [2.45, 2.75) is 90.1 Å². The highest BCUT2D eigenvalue weighted by Crippen LogP contribution is 2.28. The summed E-state index contributed by atoms with van der Waals surface area (Å²) >= 11 is 0. The normalized spacial score (nSPS) is 20.7. The molecule has 7 unspecified atom stereocenters. The lowest BCUT2D eigenvalue weighted by Crippen LogP contribution is -2.54. The van der Waals surface area contributed by atoms with Gasteiger partial charge in [0.15, 0.2) is 0 Å². The van der Waals surface area contributed by atoms with Gasteiger partial charge in [0.2, 0.25) is 17.7 Å². The molecule has 0 aromatic rings. The van der Waals surface area contributed by atoms with Crippen molar-refractivity contribution in [2.24, 2.45) is 17.6 Å². The molecule has 1 aliphatic heterocycles. The average molecular weight is 547 g/mol. The van der Waals surface area contributed by atoms with E-state index in [4.69, 9.17) is 15.2 Å². The summed E-state index contributed by atoms with van der Waals surface area (Å²) in [6.07, 6.45) is 4.07. The molecule has 0 aromatic carbocycles. The van der Waals surface area contributed by atoms with Crippen molar-refractivity contribution in [1.82, 2.24) is 15.1 Å². The highest BCUT2D eigenvalue weighted by molar-refractivity contribution is 7.84. The van der Waals surface area contributed by atoms with Crippen molar-refractivity contribution in [3.05, 3.63) is 0 Å². The Balaban J connectivity index is 2.92. The highest BCUT2D eigenvalue weighted by Gasteiger charge is 2.39. The second-order valence-corrected chi connectivity index (χ2v) is 12.0. The molecule has 11 heteroatoms. The van der Waals surface area contributed by atoms with E-state index in [2.05, 4.69) is 19.2 Å². The van der Waals surface area contributed by atoms with Crippen molar-refractivity contribution in [3.63, 3.8) is 0 Å². The van der Waals surface area contributed by atoms with Crippen LogP contribution in [0.4, 0.5) is 0 Å². The number of nitrogens with zero attached hydrogens (tertiary/aromatic N) is 2. The molecule has 0 aliphatic carbocycles. The highest BCUT2D eigenvalue weighted by atomic mass is 32.2. The minimum atomic E-state index is -1.04. The van der Waals surface area contributed by atoms with Gasteiger partial charge in [0, 0.05) is 50.6 Å². The van der Waals surface area contributed by atoms with E-state index in [0.717, 1.165) is 19.3 Å². The molecule has 0 aromatic heterocycles. The van der Waals surface area contributed by atoms with Gasteiger partial charge in [-0.25, -0.2) is 0 Å². The Hall–Kier alpha value is -1.56. The van der Waals surface area contributed by atoms with Gasteiger partial charge in [0.1, 0.15) is 0 Å². The van der Waals surface area contributed by atoms with E-state index in [0.29, 0.717) is 12.3 Å². The first kappa shape index (κ1) is 33.5. The van der Waals surface area contributed by atoms with Gasteiger partial charge in [-0.3, -0.25) is 18.6 Å². The Morgan fingerprint density at radius 2 is 1.84 bits per heavy atom. The molecule has 1 rings (SSSR count). The number of rotatable bonds is 16. The molecule has 0 radical (unpaired) electrons. The minimum absolute atomic E-state index is 0.00112. The zero-order valence-corrected chi connectivity index (χ0v) is 24.8. The average Bonchev–Trinajstić information content (AvgIpc) is 3.34. The molecule has 1 heterocycles. The third kappa shape index (κ3) is 9.92. The molecule has 0 spiro atoms. The maximum Gasteiger partial charge on any atom is 0.242 e. The molecule has 0 bridgehead atoms. The smallest absolute Gasteiger partial charge is 0.242 e. The predicted molar refractivity (Wildman–Crippen MR) is 146 cm³/mol. The van der Waals surface area contributed by atoms with E-state index < -0.39 is 28.9 Å². The molecule has 216 valence electrons. The van der Waals surface area contributed by atoms with Gasteiger partial charge in [-0.15, -0.1) is 0 Å². The van der Waals surface area contributed by atoms with Crippen molar-refractivity contribution in [1.29, 1.82) is 0 Å². The molecule has 37 heavy (non-hydrogen) atoms. The van der Waals surface area contributed by atoms with Crippen LogP contribution in [-0.2, 0) is 34.7 Å². The van der Waals surface area contributed by atoms with Crippen LogP contribution in [0.2, 0.25) is 0 Å². The molecule has 7 atom stereocenters. The molecule has 0 saturated carbocycles. The van der Waals surface area contributed by atoms with Crippen molar-refractivity contribution in [3.8, 4) is 0 Å². The first-order chi connectivity index (χ1) is 17.4. The Bertz CT molecular complexity index is 767. The van der Waals surface area contributed by atoms with Gasteiger partial charge in [-0.05, 0) is 31.1 Å². The molecule has 3 N–H and O–H groups in total. The second kappa shape index (κ2) is 16.4. The number of nitrogens with two attached hydrogens (primary N) is 1. The third-order valence-corrected chi connectivity index (χ3v) is 8.33. The SMILES string of the molecule is CCC(C)C(C(CC(=O)N1CCCC1C(OC)C(C)C)OC)N(C)C(=O)CNC(=O)C(N)CCS(C)=O. The third-order valence-electron chi connectivity index (χ3n) is 7.52. The quantitative estimate of drug-likeness (QED) is 0.297. The van der Waals surface area contributed by atoms with Crippen LogP contribution in [0.3, 0.4) is 0 Å². The van der Waals surface area contributed by atoms with Crippen LogP contribution in [0.15, 0.2) is 0 Å². The number of methoxy groups -OCH3 is 2. The van der Waals surface area contributed by atoms with E-state index in [1.165, 1.54) is 0 Å².